The van der Waals surface area contributed by atoms with Crippen molar-refractivity contribution in [2.75, 3.05) is 0 Å². The molecule has 0 saturated heterocycles. The van der Waals surface area contributed by atoms with Crippen LogP contribution < -0.4 is 0 Å². The van der Waals surface area contributed by atoms with Crippen LogP contribution in [-0.4, -0.2) is 29.3 Å². The van der Waals surface area contributed by atoms with Crippen molar-refractivity contribution in [3.8, 4) is 19.5 Å². The third kappa shape index (κ3) is 4.87. The molecule has 2 atom stereocenters. The Bertz CT molecular complexity index is 2940. The lowest BCUT2D eigenvalue weighted by Crippen LogP contribution is -2.28. The van der Waals surface area contributed by atoms with E-state index in [1.165, 1.54) is 70.1 Å². The maximum Gasteiger partial charge on any atom is 0.416 e. The zero-order valence-corrected chi connectivity index (χ0v) is 35.2. The summed E-state index contributed by atoms with van der Waals surface area (Å²) in [6.07, 6.45) is 13.6. The molecule has 5 aromatic rings. The molecule has 4 nitrogen and oxygen atoms in total. The van der Waals surface area contributed by atoms with Crippen LogP contribution >= 0.6 is 45.3 Å². The van der Waals surface area contributed by atoms with Gasteiger partial charge < -0.3 is 0 Å². The molecule has 0 radical (unpaired) electrons. The Morgan fingerprint density at radius 3 is 1.80 bits per heavy atom. The first-order chi connectivity index (χ1) is 28.4. The number of halogens is 3. The lowest BCUT2D eigenvalue weighted by atomic mass is 9.67. The van der Waals surface area contributed by atoms with Crippen molar-refractivity contribution in [3.05, 3.63) is 108 Å². The quantitative estimate of drug-likeness (QED) is 0.131. The van der Waals surface area contributed by atoms with Crippen molar-refractivity contribution in [2.45, 2.75) is 88.1 Å². The summed E-state index contributed by atoms with van der Waals surface area (Å²) in [7, 11) is 0. The number of thiophene rings is 4. The average molecular weight is 861 g/mol. The Labute approximate surface area is 353 Å². The molecule has 2 spiro atoms. The highest BCUT2D eigenvalue weighted by Gasteiger charge is 2.53. The molecule has 11 heteroatoms. The van der Waals surface area contributed by atoms with E-state index in [0.717, 1.165) is 84.4 Å². The highest BCUT2D eigenvalue weighted by atomic mass is 32.1. The van der Waals surface area contributed by atoms with E-state index >= 15 is 0 Å². The summed E-state index contributed by atoms with van der Waals surface area (Å²) in [6, 6.07) is 10.2. The normalized spacial score (nSPS) is 24.8. The van der Waals surface area contributed by atoms with E-state index in [-0.39, 0.29) is 16.4 Å². The van der Waals surface area contributed by atoms with Gasteiger partial charge in [-0.25, -0.2) is 0 Å². The van der Waals surface area contributed by atoms with Crippen molar-refractivity contribution in [2.24, 2.45) is 11.8 Å². The number of benzene rings is 1. The maximum atomic E-state index is 13.5. The summed E-state index contributed by atoms with van der Waals surface area (Å²) in [6.45, 7) is 1.94. The molecule has 0 aliphatic heterocycles. The second-order valence-corrected chi connectivity index (χ2v) is 21.6. The molecule has 2 unspecified atom stereocenters. The van der Waals surface area contributed by atoms with E-state index in [1.807, 2.05) is 53.9 Å². The van der Waals surface area contributed by atoms with Crippen LogP contribution in [0.5, 0.6) is 0 Å². The number of hydrogen-bond acceptors (Lipinski definition) is 8. The van der Waals surface area contributed by atoms with E-state index < -0.39 is 46.7 Å². The van der Waals surface area contributed by atoms with Crippen LogP contribution in [-0.2, 0) is 25.2 Å². The third-order valence-corrected chi connectivity index (χ3v) is 19.3. The number of aryl methyl sites for hydroxylation is 1. The number of ketones is 4. The molecule has 4 aromatic heterocycles. The SMILES string of the molecule is Cc1ccc2c(c1)C(=O)C(=O)/C2=C\c1cc2c(s1)-c1sc3c4c(sc3c1C21CCCCC1)-c1sc(/C=C2\C(=O)C(=O)C3C=C(C(F)(F)F)C=CC23)cc1C41CCCCC1. The minimum absolute atomic E-state index is 0.106. The van der Waals surface area contributed by atoms with Crippen LogP contribution in [0, 0.1) is 18.8 Å². The zero-order valence-electron chi connectivity index (χ0n) is 31.9. The van der Waals surface area contributed by atoms with Gasteiger partial charge in [0.05, 0.1) is 30.6 Å². The molecule has 7 aliphatic carbocycles. The number of fused-ring (bicyclic) bond motifs is 15. The van der Waals surface area contributed by atoms with E-state index in [1.54, 1.807) is 28.7 Å². The van der Waals surface area contributed by atoms with Gasteiger partial charge in [-0.1, -0.05) is 74.4 Å². The Morgan fingerprint density at radius 2 is 1.22 bits per heavy atom. The lowest BCUT2D eigenvalue weighted by Gasteiger charge is -2.35. The third-order valence-electron chi connectivity index (χ3n) is 14.3. The minimum atomic E-state index is -4.58. The predicted molar refractivity (Wildman–Crippen MR) is 231 cm³/mol. The van der Waals surface area contributed by atoms with Crippen LogP contribution in [0.4, 0.5) is 13.2 Å². The second-order valence-electron chi connectivity index (χ2n) is 17.4. The smallest absolute Gasteiger partial charge is 0.290 e. The van der Waals surface area contributed by atoms with Gasteiger partial charge in [0.2, 0.25) is 23.1 Å². The number of hydrogen-bond donors (Lipinski definition) is 0. The van der Waals surface area contributed by atoms with E-state index in [2.05, 4.69) is 12.1 Å². The maximum absolute atomic E-state index is 13.5. The summed E-state index contributed by atoms with van der Waals surface area (Å²) in [5.74, 6) is -4.14. The Balaban J connectivity index is 0.982. The van der Waals surface area contributed by atoms with Gasteiger partial charge in [-0.05, 0) is 79.6 Å². The fraction of sp³-hybridized carbons (Fsp3) is 0.333. The molecule has 3 saturated carbocycles. The van der Waals surface area contributed by atoms with Crippen molar-refractivity contribution < 1.29 is 32.3 Å². The van der Waals surface area contributed by atoms with Gasteiger partial charge >= 0.3 is 6.18 Å². The van der Waals surface area contributed by atoms with Gasteiger partial charge in [-0.2, -0.15) is 13.2 Å². The van der Waals surface area contributed by atoms with Crippen molar-refractivity contribution in [3.63, 3.8) is 0 Å². The number of allylic oxidation sites excluding steroid dienone is 6. The Kier molecular flexibility index (Phi) is 7.68. The monoisotopic (exact) mass is 860 g/mol. The molecule has 12 rings (SSSR count). The first-order valence-corrected chi connectivity index (χ1v) is 23.7. The molecular formula is C48H35F3O4S4. The summed E-state index contributed by atoms with van der Waals surface area (Å²) in [5, 5.41) is 0. The van der Waals surface area contributed by atoms with Crippen molar-refractivity contribution in [1.82, 2.24) is 0 Å². The molecule has 1 aromatic carbocycles. The first-order valence-electron chi connectivity index (χ1n) is 20.5. The van der Waals surface area contributed by atoms with Crippen molar-refractivity contribution >= 4 is 95.6 Å². The summed E-state index contributed by atoms with van der Waals surface area (Å²) < 4.78 is 43.4. The number of alkyl halides is 3. The van der Waals surface area contributed by atoms with Gasteiger partial charge in [0.1, 0.15) is 0 Å². The van der Waals surface area contributed by atoms with E-state index in [9.17, 15) is 32.3 Å². The summed E-state index contributed by atoms with van der Waals surface area (Å²) in [4.78, 5) is 59.8. The Hall–Kier alpha value is -4.29. The molecule has 4 heterocycles. The van der Waals surface area contributed by atoms with Gasteiger partial charge in [0, 0.05) is 64.1 Å². The zero-order chi connectivity index (χ0) is 40.3. The van der Waals surface area contributed by atoms with E-state index in [0.29, 0.717) is 11.1 Å². The van der Waals surface area contributed by atoms with Gasteiger partial charge in [-0.15, -0.1) is 45.3 Å². The summed E-state index contributed by atoms with van der Waals surface area (Å²) in [5.41, 5.74) is 7.39. The van der Waals surface area contributed by atoms with Crippen LogP contribution in [0.3, 0.4) is 0 Å². The standard InChI is InChI=1S/C48H35F3O4S4/c1-22-8-10-26-28(16-22)36(52)38(54)30(26)18-24-20-32-40(56-24)42-34(46(32)12-4-2-5-13-46)44-45(58-42)35-43(59-44)41-33(47(35)14-6-3-7-15-47)21-25(57-41)19-31-27-11-9-23(48(49,50)51)17-29(27)37(53)39(31)55/h8-11,16-21,27,29H,2-7,12-15H2,1H3/b30-18-,31-19-. The highest BCUT2D eigenvalue weighted by molar-refractivity contribution is 7.34. The van der Waals surface area contributed by atoms with Crippen molar-refractivity contribution in [1.29, 1.82) is 0 Å². The van der Waals surface area contributed by atoms with Crippen LogP contribution in [0.2, 0.25) is 0 Å². The lowest BCUT2D eigenvalue weighted by molar-refractivity contribution is -0.134. The number of Topliss-reactive ketones (excluding diaryl/α,β-unsaturated/α-hetero) is 4. The summed E-state index contributed by atoms with van der Waals surface area (Å²) >= 11 is 7.25. The molecule has 59 heavy (non-hydrogen) atoms. The molecule has 0 bridgehead atoms. The molecule has 0 amide bonds. The molecule has 7 aliphatic rings. The van der Waals surface area contributed by atoms with E-state index in [4.69, 9.17) is 0 Å². The predicted octanol–water partition coefficient (Wildman–Crippen LogP) is 13.0. The molecule has 3 fully saturated rings. The van der Waals surface area contributed by atoms with Gasteiger partial charge in [0.15, 0.2) is 0 Å². The fourth-order valence-electron chi connectivity index (χ4n) is 11.7. The molecule has 0 N–H and O–H groups in total. The van der Waals surface area contributed by atoms with Gasteiger partial charge in [0.25, 0.3) is 0 Å². The topological polar surface area (TPSA) is 68.3 Å². The largest absolute Gasteiger partial charge is 0.416 e. The van der Waals surface area contributed by atoms with Gasteiger partial charge in [-0.3, -0.25) is 19.2 Å². The fourth-order valence-corrected chi connectivity index (χ4v) is 17.6. The first kappa shape index (κ1) is 36.6. The number of carbonyl (C=O) groups is 4. The second kappa shape index (κ2) is 12.4. The molecular weight excluding hydrogens is 826 g/mol. The average Bonchev–Trinajstić information content (AvgIpc) is 4.10. The van der Waals surface area contributed by atoms with Crippen LogP contribution in [0.15, 0.2) is 59.7 Å². The van der Waals surface area contributed by atoms with Crippen LogP contribution in [0.1, 0.15) is 118 Å². The van der Waals surface area contributed by atoms with Crippen LogP contribution in [0.25, 0.3) is 46.6 Å². The Morgan fingerprint density at radius 1 is 0.644 bits per heavy atom. The molecule has 296 valence electrons. The number of rotatable bonds is 2. The highest BCUT2D eigenvalue weighted by Crippen LogP contribution is 2.69. The number of carbonyl (C=O) groups excluding carboxylic acids is 4. The minimum Gasteiger partial charge on any atom is -0.290 e.